The van der Waals surface area contributed by atoms with Gasteiger partial charge >= 0.3 is 0 Å². The molecule has 1 aliphatic heterocycles. The van der Waals surface area contributed by atoms with Gasteiger partial charge in [0.1, 0.15) is 5.82 Å². The van der Waals surface area contributed by atoms with Crippen molar-refractivity contribution in [2.24, 2.45) is 0 Å². The van der Waals surface area contributed by atoms with Crippen LogP contribution in [0.5, 0.6) is 0 Å². The van der Waals surface area contributed by atoms with E-state index in [1.54, 1.807) is 4.90 Å². The molecule has 0 saturated carbocycles. The molecule has 0 bridgehead atoms. The lowest BCUT2D eigenvalue weighted by atomic mass is 10.0. The van der Waals surface area contributed by atoms with Gasteiger partial charge in [-0.3, -0.25) is 0 Å². The first-order valence-electron chi connectivity index (χ1n) is 5.53. The highest BCUT2D eigenvalue weighted by Gasteiger charge is 2.27. The van der Waals surface area contributed by atoms with Gasteiger partial charge in [-0.15, -0.1) is 0 Å². The number of halogens is 3. The number of hydrogen-bond donors (Lipinski definition) is 1. The van der Waals surface area contributed by atoms with Crippen LogP contribution in [0.2, 0.25) is 0 Å². The Morgan fingerprint density at radius 2 is 1.76 bits per heavy atom. The van der Waals surface area contributed by atoms with Crippen LogP contribution in [0.1, 0.15) is 13.8 Å². The van der Waals surface area contributed by atoms with Gasteiger partial charge in [0, 0.05) is 37.3 Å². The minimum atomic E-state index is -1.15. The molecule has 0 aromatic heterocycles. The first-order valence-corrected chi connectivity index (χ1v) is 5.53. The smallest absolute Gasteiger partial charge is 0.161 e. The van der Waals surface area contributed by atoms with Crippen molar-refractivity contribution in [2.75, 3.05) is 24.5 Å². The molecule has 0 aliphatic carbocycles. The van der Waals surface area contributed by atoms with Crippen molar-refractivity contribution in [3.63, 3.8) is 0 Å². The van der Waals surface area contributed by atoms with E-state index in [2.05, 4.69) is 5.32 Å². The molecule has 17 heavy (non-hydrogen) atoms. The van der Waals surface area contributed by atoms with Gasteiger partial charge in [0.25, 0.3) is 0 Å². The van der Waals surface area contributed by atoms with Gasteiger partial charge in [-0.2, -0.15) is 0 Å². The Kier molecular flexibility index (Phi) is 3.03. The van der Waals surface area contributed by atoms with Gasteiger partial charge < -0.3 is 10.2 Å². The number of piperazine rings is 1. The second kappa shape index (κ2) is 4.22. The molecule has 0 spiro atoms. The van der Waals surface area contributed by atoms with E-state index in [4.69, 9.17) is 0 Å². The highest BCUT2D eigenvalue weighted by atomic mass is 19.2. The number of rotatable bonds is 1. The topological polar surface area (TPSA) is 15.3 Å². The molecule has 1 fully saturated rings. The fourth-order valence-corrected chi connectivity index (χ4v) is 2.10. The molecule has 1 saturated heterocycles. The van der Waals surface area contributed by atoms with Gasteiger partial charge in [0.2, 0.25) is 0 Å². The second-order valence-electron chi connectivity index (χ2n) is 4.95. The summed E-state index contributed by atoms with van der Waals surface area (Å²) < 4.78 is 39.6. The summed E-state index contributed by atoms with van der Waals surface area (Å²) in [7, 11) is 0. The van der Waals surface area contributed by atoms with Crippen molar-refractivity contribution in [1.29, 1.82) is 0 Å². The maximum absolute atomic E-state index is 13.6. The molecule has 1 N–H and O–H groups in total. The van der Waals surface area contributed by atoms with Crippen LogP contribution in [-0.4, -0.2) is 25.2 Å². The van der Waals surface area contributed by atoms with Crippen LogP contribution in [-0.2, 0) is 0 Å². The minimum absolute atomic E-state index is 0.124. The monoisotopic (exact) mass is 244 g/mol. The fraction of sp³-hybridized carbons (Fsp3) is 0.500. The Morgan fingerprint density at radius 3 is 2.41 bits per heavy atom. The SMILES string of the molecule is CC1(C)CN(c2cc(F)c(F)cc2F)CCN1. The first kappa shape index (κ1) is 12.2. The van der Waals surface area contributed by atoms with Crippen LogP contribution in [0, 0.1) is 17.5 Å². The van der Waals surface area contributed by atoms with E-state index in [-0.39, 0.29) is 11.2 Å². The average Bonchev–Trinajstić information content (AvgIpc) is 2.22. The van der Waals surface area contributed by atoms with E-state index in [1.807, 2.05) is 13.8 Å². The van der Waals surface area contributed by atoms with E-state index in [1.165, 1.54) is 0 Å². The number of nitrogens with one attached hydrogen (secondary N) is 1. The molecular weight excluding hydrogens is 229 g/mol. The predicted molar refractivity (Wildman–Crippen MR) is 60.6 cm³/mol. The summed E-state index contributed by atoms with van der Waals surface area (Å²) >= 11 is 0. The Morgan fingerprint density at radius 1 is 1.12 bits per heavy atom. The van der Waals surface area contributed by atoms with E-state index in [9.17, 15) is 13.2 Å². The highest BCUT2D eigenvalue weighted by Crippen LogP contribution is 2.25. The van der Waals surface area contributed by atoms with Gasteiger partial charge in [-0.1, -0.05) is 0 Å². The van der Waals surface area contributed by atoms with E-state index < -0.39 is 17.5 Å². The maximum Gasteiger partial charge on any atom is 0.161 e. The van der Waals surface area contributed by atoms with Crippen LogP contribution < -0.4 is 10.2 Å². The van der Waals surface area contributed by atoms with Gasteiger partial charge in [-0.05, 0) is 13.8 Å². The molecule has 1 aromatic carbocycles. The standard InChI is InChI=1S/C12H15F3N2/c1-12(2)7-17(4-3-16-12)11-6-9(14)8(13)5-10(11)15/h5-6,16H,3-4,7H2,1-2H3. The summed E-state index contributed by atoms with van der Waals surface area (Å²) in [5.74, 6) is -2.89. The molecule has 2 nitrogen and oxygen atoms in total. The fourth-order valence-electron chi connectivity index (χ4n) is 2.10. The van der Waals surface area contributed by atoms with E-state index in [0.717, 1.165) is 6.07 Å². The Hall–Kier alpha value is -1.23. The lowest BCUT2D eigenvalue weighted by Gasteiger charge is -2.40. The molecule has 1 aliphatic rings. The van der Waals surface area contributed by atoms with Crippen molar-refractivity contribution in [1.82, 2.24) is 5.32 Å². The van der Waals surface area contributed by atoms with Crippen LogP contribution in [0.25, 0.3) is 0 Å². The normalized spacial score (nSPS) is 19.5. The molecule has 0 unspecified atom stereocenters. The number of benzene rings is 1. The third-order valence-electron chi connectivity index (χ3n) is 2.90. The van der Waals surface area contributed by atoms with E-state index >= 15 is 0 Å². The minimum Gasteiger partial charge on any atom is -0.366 e. The van der Waals surface area contributed by atoms with Crippen molar-refractivity contribution < 1.29 is 13.2 Å². The Balaban J connectivity index is 2.31. The van der Waals surface area contributed by atoms with Crippen LogP contribution in [0.3, 0.4) is 0 Å². The van der Waals surface area contributed by atoms with Crippen LogP contribution in [0.15, 0.2) is 12.1 Å². The second-order valence-corrected chi connectivity index (χ2v) is 4.95. The highest BCUT2D eigenvalue weighted by molar-refractivity contribution is 5.49. The zero-order chi connectivity index (χ0) is 12.6. The Bertz CT molecular complexity index is 432. The molecule has 1 heterocycles. The van der Waals surface area contributed by atoms with Crippen molar-refractivity contribution >= 4 is 5.69 Å². The summed E-state index contributed by atoms with van der Waals surface area (Å²) in [4.78, 5) is 1.73. The van der Waals surface area contributed by atoms with Crippen LogP contribution in [0.4, 0.5) is 18.9 Å². The lowest BCUT2D eigenvalue weighted by molar-refractivity contribution is 0.350. The zero-order valence-electron chi connectivity index (χ0n) is 9.86. The first-order chi connectivity index (χ1) is 7.89. The van der Waals surface area contributed by atoms with Crippen molar-refractivity contribution in [2.45, 2.75) is 19.4 Å². The van der Waals surface area contributed by atoms with Crippen molar-refractivity contribution in [3.05, 3.63) is 29.6 Å². The predicted octanol–water partition coefficient (Wildman–Crippen LogP) is 2.29. The Labute approximate surface area is 98.4 Å². The quantitative estimate of drug-likeness (QED) is 0.762. The van der Waals surface area contributed by atoms with E-state index in [0.29, 0.717) is 25.7 Å². The molecule has 0 radical (unpaired) electrons. The summed E-state index contributed by atoms with van der Waals surface area (Å²) in [6, 6.07) is 1.52. The van der Waals surface area contributed by atoms with Gasteiger partial charge in [-0.25, -0.2) is 13.2 Å². The largest absolute Gasteiger partial charge is 0.366 e. The van der Waals surface area contributed by atoms with Crippen LogP contribution >= 0.6 is 0 Å². The van der Waals surface area contributed by atoms with Crippen molar-refractivity contribution in [3.8, 4) is 0 Å². The third-order valence-corrected chi connectivity index (χ3v) is 2.90. The molecule has 94 valence electrons. The molecule has 0 atom stereocenters. The number of nitrogens with zero attached hydrogens (tertiary/aromatic N) is 1. The molecule has 1 aromatic rings. The summed E-state index contributed by atoms with van der Waals surface area (Å²) in [5.41, 5.74) is -0.0475. The lowest BCUT2D eigenvalue weighted by Crippen LogP contribution is -2.57. The third kappa shape index (κ3) is 2.54. The summed E-state index contributed by atoms with van der Waals surface area (Å²) in [5, 5.41) is 3.27. The number of hydrogen-bond acceptors (Lipinski definition) is 2. The zero-order valence-corrected chi connectivity index (χ0v) is 9.86. The summed E-state index contributed by atoms with van der Waals surface area (Å²) in [6.07, 6.45) is 0. The summed E-state index contributed by atoms with van der Waals surface area (Å²) in [6.45, 7) is 5.78. The maximum atomic E-state index is 13.6. The average molecular weight is 244 g/mol. The molecular formula is C12H15F3N2. The number of anilines is 1. The molecule has 5 heteroatoms. The molecule has 2 rings (SSSR count). The van der Waals surface area contributed by atoms with Gasteiger partial charge in [0.05, 0.1) is 5.69 Å². The molecule has 0 amide bonds. The van der Waals surface area contributed by atoms with Gasteiger partial charge in [0.15, 0.2) is 11.6 Å².